The predicted molar refractivity (Wildman–Crippen MR) is 80.3 cm³/mol. The van der Waals surface area contributed by atoms with Crippen LogP contribution in [0.3, 0.4) is 0 Å². The fourth-order valence-electron chi connectivity index (χ4n) is 3.47. The van der Waals surface area contributed by atoms with E-state index in [1.165, 1.54) is 0 Å². The molecule has 4 atom stereocenters. The van der Waals surface area contributed by atoms with Crippen LogP contribution in [0.15, 0.2) is 24.3 Å². The summed E-state index contributed by atoms with van der Waals surface area (Å²) in [6.45, 7) is 3.14. The molecule has 1 saturated heterocycles. The number of carbonyl (C=O) groups excluding carboxylic acids is 1. The zero-order valence-electron chi connectivity index (χ0n) is 12.0. The quantitative estimate of drug-likeness (QED) is 0.932. The van der Waals surface area contributed by atoms with Gasteiger partial charge in [0.1, 0.15) is 5.75 Å². The molecule has 0 radical (unpaired) electrons. The van der Waals surface area contributed by atoms with E-state index in [0.29, 0.717) is 23.2 Å². The van der Waals surface area contributed by atoms with Crippen LogP contribution in [-0.2, 0) is 4.79 Å². The Morgan fingerprint density at radius 2 is 2.24 bits per heavy atom. The molecule has 1 aliphatic heterocycles. The molecule has 1 amide bonds. The van der Waals surface area contributed by atoms with Crippen molar-refractivity contribution in [2.75, 3.05) is 13.1 Å². The summed E-state index contributed by atoms with van der Waals surface area (Å²) in [7, 11) is 0. The van der Waals surface area contributed by atoms with Crippen molar-refractivity contribution in [3.05, 3.63) is 29.3 Å². The summed E-state index contributed by atoms with van der Waals surface area (Å²) in [6.07, 6.45) is 1.09. The Hall–Kier alpha value is -1.26. The molecule has 3 rings (SSSR count). The summed E-state index contributed by atoms with van der Waals surface area (Å²) >= 11 is 5.91. The number of likely N-dealkylation sites (tertiary alicyclic amines) is 1. The van der Waals surface area contributed by atoms with Crippen molar-refractivity contribution in [3.8, 4) is 5.75 Å². The number of halogens is 1. The maximum Gasteiger partial charge on any atom is 0.263 e. The molecule has 4 unspecified atom stereocenters. The van der Waals surface area contributed by atoms with Crippen molar-refractivity contribution >= 4 is 17.5 Å². The van der Waals surface area contributed by atoms with Crippen LogP contribution in [0.1, 0.15) is 19.8 Å². The molecule has 0 aromatic heterocycles. The Morgan fingerprint density at radius 3 is 2.95 bits per heavy atom. The number of rotatable bonds is 3. The lowest BCUT2D eigenvalue weighted by Gasteiger charge is -2.23. The molecule has 2 aliphatic rings. The van der Waals surface area contributed by atoms with Crippen LogP contribution in [0.4, 0.5) is 0 Å². The first-order valence-electron chi connectivity index (χ1n) is 7.43. The highest BCUT2D eigenvalue weighted by molar-refractivity contribution is 6.30. The molecule has 0 bridgehead atoms. The van der Waals surface area contributed by atoms with Crippen molar-refractivity contribution in [3.63, 3.8) is 0 Å². The third-order valence-electron chi connectivity index (χ3n) is 4.59. The van der Waals surface area contributed by atoms with Gasteiger partial charge in [-0.2, -0.15) is 0 Å². The number of nitrogens with zero attached hydrogens (tertiary/aromatic N) is 1. The molecular formula is C16H20ClNO3. The number of benzene rings is 1. The van der Waals surface area contributed by atoms with Gasteiger partial charge in [-0.1, -0.05) is 17.7 Å². The highest BCUT2D eigenvalue weighted by atomic mass is 35.5. The number of amides is 1. The largest absolute Gasteiger partial charge is 0.481 e. The number of aliphatic hydroxyl groups is 1. The standard InChI is InChI=1S/C16H20ClNO3/c1-10(21-13-4-2-3-12(17)7-13)16(20)18-8-11-5-6-15(19)14(11)9-18/h2-4,7,10-11,14-15,19H,5-6,8-9H2,1H3. The molecule has 0 spiro atoms. The van der Waals surface area contributed by atoms with E-state index in [1.54, 1.807) is 31.2 Å². The van der Waals surface area contributed by atoms with E-state index in [-0.39, 0.29) is 17.9 Å². The fraction of sp³-hybridized carbons (Fsp3) is 0.562. The van der Waals surface area contributed by atoms with Crippen LogP contribution < -0.4 is 4.74 Å². The third kappa shape index (κ3) is 3.01. The second kappa shape index (κ2) is 5.85. The van der Waals surface area contributed by atoms with Crippen LogP contribution in [-0.4, -0.2) is 41.2 Å². The molecule has 1 heterocycles. The zero-order valence-corrected chi connectivity index (χ0v) is 12.8. The Labute approximate surface area is 129 Å². The van der Waals surface area contributed by atoms with Gasteiger partial charge in [0, 0.05) is 24.0 Å². The van der Waals surface area contributed by atoms with Crippen molar-refractivity contribution in [1.82, 2.24) is 4.90 Å². The van der Waals surface area contributed by atoms with E-state index in [9.17, 15) is 9.90 Å². The SMILES string of the molecule is CC(Oc1cccc(Cl)c1)C(=O)N1CC2CCC(O)C2C1. The van der Waals surface area contributed by atoms with Gasteiger partial charge >= 0.3 is 0 Å². The van der Waals surface area contributed by atoms with Crippen LogP contribution >= 0.6 is 11.6 Å². The van der Waals surface area contributed by atoms with E-state index in [4.69, 9.17) is 16.3 Å². The summed E-state index contributed by atoms with van der Waals surface area (Å²) in [4.78, 5) is 14.3. The minimum atomic E-state index is -0.542. The van der Waals surface area contributed by atoms with Gasteiger partial charge in [-0.05, 0) is 43.9 Å². The van der Waals surface area contributed by atoms with E-state index in [2.05, 4.69) is 0 Å². The molecule has 1 aromatic carbocycles. The lowest BCUT2D eigenvalue weighted by atomic mass is 10.00. The van der Waals surface area contributed by atoms with E-state index >= 15 is 0 Å². The average molecular weight is 310 g/mol. The van der Waals surface area contributed by atoms with Gasteiger partial charge in [-0.25, -0.2) is 0 Å². The van der Waals surface area contributed by atoms with Gasteiger partial charge in [0.05, 0.1) is 6.10 Å². The summed E-state index contributed by atoms with van der Waals surface area (Å²) in [5.74, 6) is 1.27. The third-order valence-corrected chi connectivity index (χ3v) is 4.82. The van der Waals surface area contributed by atoms with E-state index < -0.39 is 6.10 Å². The summed E-state index contributed by atoms with van der Waals surface area (Å²) in [5.41, 5.74) is 0. The number of aliphatic hydroxyl groups excluding tert-OH is 1. The molecular weight excluding hydrogens is 290 g/mol. The van der Waals surface area contributed by atoms with Gasteiger partial charge in [-0.15, -0.1) is 0 Å². The number of carbonyl (C=O) groups is 1. The number of hydrogen-bond donors (Lipinski definition) is 1. The van der Waals surface area contributed by atoms with Crippen molar-refractivity contribution < 1.29 is 14.6 Å². The minimum Gasteiger partial charge on any atom is -0.481 e. The smallest absolute Gasteiger partial charge is 0.263 e. The van der Waals surface area contributed by atoms with Crippen molar-refractivity contribution in [1.29, 1.82) is 0 Å². The van der Waals surface area contributed by atoms with Crippen molar-refractivity contribution in [2.24, 2.45) is 11.8 Å². The van der Waals surface area contributed by atoms with Crippen molar-refractivity contribution in [2.45, 2.75) is 32.0 Å². The fourth-order valence-corrected chi connectivity index (χ4v) is 3.65. The Balaban J connectivity index is 1.60. The van der Waals surface area contributed by atoms with E-state index in [1.807, 2.05) is 4.90 Å². The van der Waals surface area contributed by atoms with Gasteiger partial charge in [0.15, 0.2) is 6.10 Å². The molecule has 5 heteroatoms. The zero-order chi connectivity index (χ0) is 15.0. The van der Waals surface area contributed by atoms with Gasteiger partial charge in [0.25, 0.3) is 5.91 Å². The first-order valence-corrected chi connectivity index (χ1v) is 7.81. The molecule has 4 nitrogen and oxygen atoms in total. The average Bonchev–Trinajstić information content (AvgIpc) is 3.00. The number of ether oxygens (including phenoxy) is 1. The molecule has 1 aromatic rings. The Kier molecular flexibility index (Phi) is 4.09. The van der Waals surface area contributed by atoms with Gasteiger partial charge in [-0.3, -0.25) is 4.79 Å². The predicted octanol–water partition coefficient (Wildman–Crippen LogP) is 2.34. The summed E-state index contributed by atoms with van der Waals surface area (Å²) < 4.78 is 5.68. The highest BCUT2D eigenvalue weighted by Gasteiger charge is 2.44. The molecule has 2 fully saturated rings. The second-order valence-corrected chi connectivity index (χ2v) is 6.47. The molecule has 1 aliphatic carbocycles. The van der Waals surface area contributed by atoms with Crippen LogP contribution in [0.5, 0.6) is 5.75 Å². The second-order valence-electron chi connectivity index (χ2n) is 6.03. The normalized spacial score (nSPS) is 29.3. The maximum absolute atomic E-state index is 12.5. The summed E-state index contributed by atoms with van der Waals surface area (Å²) in [5, 5.41) is 10.5. The van der Waals surface area contributed by atoms with Gasteiger partial charge < -0.3 is 14.7 Å². The highest BCUT2D eigenvalue weighted by Crippen LogP contribution is 2.38. The maximum atomic E-state index is 12.5. The van der Waals surface area contributed by atoms with Crippen LogP contribution in [0.25, 0.3) is 0 Å². The Bertz CT molecular complexity index is 536. The van der Waals surface area contributed by atoms with Crippen LogP contribution in [0, 0.1) is 11.8 Å². The molecule has 1 saturated carbocycles. The lowest BCUT2D eigenvalue weighted by Crippen LogP contribution is -2.40. The first-order chi connectivity index (χ1) is 10.0. The van der Waals surface area contributed by atoms with E-state index in [0.717, 1.165) is 19.4 Å². The minimum absolute atomic E-state index is 0.0171. The number of fused-ring (bicyclic) bond motifs is 1. The molecule has 114 valence electrons. The summed E-state index contributed by atoms with van der Waals surface area (Å²) in [6, 6.07) is 7.06. The molecule has 1 N–H and O–H groups in total. The first kappa shape index (κ1) is 14.7. The van der Waals surface area contributed by atoms with Crippen LogP contribution in [0.2, 0.25) is 5.02 Å². The molecule has 21 heavy (non-hydrogen) atoms. The topological polar surface area (TPSA) is 49.8 Å². The Morgan fingerprint density at radius 1 is 1.43 bits per heavy atom. The van der Waals surface area contributed by atoms with Gasteiger partial charge in [0.2, 0.25) is 0 Å². The number of hydrogen-bond acceptors (Lipinski definition) is 3. The lowest BCUT2D eigenvalue weighted by molar-refractivity contribution is -0.137. The monoisotopic (exact) mass is 309 g/mol.